The molecule has 3 aromatic rings. The molecule has 0 spiro atoms. The van der Waals surface area contributed by atoms with E-state index in [0.29, 0.717) is 60.8 Å². The Morgan fingerprint density at radius 3 is 2.58 bits per heavy atom. The molecular formula is C24H27N3O4. The molecule has 1 aromatic heterocycles. The quantitative estimate of drug-likeness (QED) is 0.609. The van der Waals surface area contributed by atoms with Gasteiger partial charge in [0, 0.05) is 30.6 Å². The molecule has 1 amide bonds. The summed E-state index contributed by atoms with van der Waals surface area (Å²) in [7, 11) is 0. The van der Waals surface area contributed by atoms with Crippen molar-refractivity contribution in [3.63, 3.8) is 0 Å². The van der Waals surface area contributed by atoms with Crippen LogP contribution >= 0.6 is 0 Å². The lowest BCUT2D eigenvalue weighted by atomic mass is 10.1. The van der Waals surface area contributed by atoms with E-state index in [0.717, 1.165) is 5.56 Å². The minimum absolute atomic E-state index is 0.174. The number of rotatable bonds is 6. The minimum atomic E-state index is -0.217. The van der Waals surface area contributed by atoms with E-state index in [1.165, 1.54) is 4.68 Å². The Bertz CT molecular complexity index is 1170. The first-order chi connectivity index (χ1) is 15.0. The fraction of sp³-hybridized carbons (Fsp3) is 0.375. The number of aromatic nitrogens is 2. The van der Waals surface area contributed by atoms with Crippen LogP contribution in [0.2, 0.25) is 0 Å². The number of amides is 1. The van der Waals surface area contributed by atoms with E-state index in [1.807, 2.05) is 51.1 Å². The molecule has 0 radical (unpaired) electrons. The molecule has 0 saturated carbocycles. The molecule has 2 aromatic carbocycles. The summed E-state index contributed by atoms with van der Waals surface area (Å²) in [5.41, 5.74) is 0.999. The highest BCUT2D eigenvalue weighted by Crippen LogP contribution is 2.34. The molecule has 0 unspecified atom stereocenters. The van der Waals surface area contributed by atoms with E-state index in [9.17, 15) is 9.59 Å². The van der Waals surface area contributed by atoms with E-state index >= 15 is 0 Å². The number of carbonyl (C=O) groups is 1. The topological polar surface area (TPSA) is 73.7 Å². The van der Waals surface area contributed by atoms with Gasteiger partial charge < -0.3 is 14.4 Å². The summed E-state index contributed by atoms with van der Waals surface area (Å²) in [6.07, 6.45) is 0. The minimum Gasteiger partial charge on any atom is -0.486 e. The van der Waals surface area contributed by atoms with Gasteiger partial charge in [0.2, 0.25) is 0 Å². The molecule has 2 heterocycles. The van der Waals surface area contributed by atoms with E-state index < -0.39 is 0 Å². The molecule has 1 aliphatic rings. The SMILES string of the molecule is CCN(Cc1cccc2c1OCCO2)C(=O)c1nn(CC(C)C)c(=O)c2ccccc12. The number of benzene rings is 2. The summed E-state index contributed by atoms with van der Waals surface area (Å²) < 4.78 is 12.9. The zero-order chi connectivity index (χ0) is 22.0. The van der Waals surface area contributed by atoms with Crippen LogP contribution in [-0.2, 0) is 13.1 Å². The van der Waals surface area contributed by atoms with Gasteiger partial charge in [0.1, 0.15) is 13.2 Å². The normalized spacial score (nSPS) is 12.9. The van der Waals surface area contributed by atoms with Gasteiger partial charge in [-0.3, -0.25) is 9.59 Å². The molecular weight excluding hydrogens is 394 g/mol. The maximum Gasteiger partial charge on any atom is 0.275 e. The van der Waals surface area contributed by atoms with Gasteiger partial charge in [-0.1, -0.05) is 44.2 Å². The number of nitrogens with zero attached hydrogens (tertiary/aromatic N) is 3. The van der Waals surface area contributed by atoms with Crippen LogP contribution in [0.3, 0.4) is 0 Å². The Morgan fingerprint density at radius 1 is 1.10 bits per heavy atom. The largest absolute Gasteiger partial charge is 0.486 e. The fourth-order valence-electron chi connectivity index (χ4n) is 3.80. The Kier molecular flexibility index (Phi) is 5.93. The molecule has 0 saturated heterocycles. The van der Waals surface area contributed by atoms with Crippen molar-refractivity contribution in [1.29, 1.82) is 0 Å². The van der Waals surface area contributed by atoms with Gasteiger partial charge in [-0.2, -0.15) is 5.10 Å². The number of para-hydroxylation sites is 1. The Labute approximate surface area is 181 Å². The first kappa shape index (κ1) is 20.9. The van der Waals surface area contributed by atoms with Crippen molar-refractivity contribution in [3.8, 4) is 11.5 Å². The smallest absolute Gasteiger partial charge is 0.275 e. The lowest BCUT2D eigenvalue weighted by molar-refractivity contribution is 0.0742. The highest BCUT2D eigenvalue weighted by Gasteiger charge is 2.24. The van der Waals surface area contributed by atoms with Crippen LogP contribution in [0.25, 0.3) is 10.8 Å². The summed E-state index contributed by atoms with van der Waals surface area (Å²) in [5.74, 6) is 1.39. The predicted octanol–water partition coefficient (Wildman–Crippen LogP) is 3.49. The molecule has 7 nitrogen and oxygen atoms in total. The van der Waals surface area contributed by atoms with Crippen LogP contribution in [0.4, 0.5) is 0 Å². The zero-order valence-electron chi connectivity index (χ0n) is 18.1. The van der Waals surface area contributed by atoms with Crippen LogP contribution in [0.1, 0.15) is 36.8 Å². The molecule has 0 bridgehead atoms. The Hall–Kier alpha value is -3.35. The van der Waals surface area contributed by atoms with Crippen LogP contribution in [-0.4, -0.2) is 40.3 Å². The highest BCUT2D eigenvalue weighted by atomic mass is 16.6. The van der Waals surface area contributed by atoms with Gasteiger partial charge in [-0.15, -0.1) is 0 Å². The number of fused-ring (bicyclic) bond motifs is 2. The Balaban J connectivity index is 1.74. The van der Waals surface area contributed by atoms with Crippen LogP contribution in [0, 0.1) is 5.92 Å². The summed E-state index contributed by atoms with van der Waals surface area (Å²) in [4.78, 5) is 28.2. The molecule has 7 heteroatoms. The van der Waals surface area contributed by atoms with Crippen molar-refractivity contribution < 1.29 is 14.3 Å². The standard InChI is InChI=1S/C24H27N3O4/c1-4-26(15-17-8-7-11-20-22(17)31-13-12-30-20)24(29)21-18-9-5-6-10-19(18)23(28)27(25-21)14-16(2)3/h5-11,16H,4,12-15H2,1-3H3. The van der Waals surface area contributed by atoms with E-state index in [2.05, 4.69) is 5.10 Å². The molecule has 0 atom stereocenters. The Morgan fingerprint density at radius 2 is 1.84 bits per heavy atom. The van der Waals surface area contributed by atoms with Crippen molar-refractivity contribution in [2.45, 2.75) is 33.9 Å². The second kappa shape index (κ2) is 8.79. The summed E-state index contributed by atoms with van der Waals surface area (Å²) in [6.45, 7) is 8.26. The van der Waals surface area contributed by atoms with Crippen LogP contribution in [0.5, 0.6) is 11.5 Å². The number of ether oxygens (including phenoxy) is 2. The number of hydrogen-bond acceptors (Lipinski definition) is 5. The lowest BCUT2D eigenvalue weighted by Gasteiger charge is -2.25. The second-order valence-electron chi connectivity index (χ2n) is 8.04. The van der Waals surface area contributed by atoms with Gasteiger partial charge in [0.25, 0.3) is 11.5 Å². The highest BCUT2D eigenvalue weighted by molar-refractivity contribution is 6.04. The average Bonchev–Trinajstić information content (AvgIpc) is 2.78. The van der Waals surface area contributed by atoms with Gasteiger partial charge in [-0.25, -0.2) is 4.68 Å². The molecule has 0 aliphatic carbocycles. The molecule has 1 aliphatic heterocycles. The molecule has 0 fully saturated rings. The van der Waals surface area contributed by atoms with Crippen molar-refractivity contribution in [1.82, 2.24) is 14.7 Å². The van der Waals surface area contributed by atoms with E-state index in [-0.39, 0.29) is 17.4 Å². The first-order valence-electron chi connectivity index (χ1n) is 10.7. The number of hydrogen-bond donors (Lipinski definition) is 0. The summed E-state index contributed by atoms with van der Waals surface area (Å²) in [6, 6.07) is 12.9. The maximum atomic E-state index is 13.6. The molecule has 4 rings (SSSR count). The maximum absolute atomic E-state index is 13.6. The van der Waals surface area contributed by atoms with Gasteiger partial charge >= 0.3 is 0 Å². The molecule has 0 N–H and O–H groups in total. The lowest BCUT2D eigenvalue weighted by Crippen LogP contribution is -2.35. The third-order valence-corrected chi connectivity index (χ3v) is 5.29. The van der Waals surface area contributed by atoms with E-state index in [1.54, 1.807) is 17.0 Å². The monoisotopic (exact) mass is 421 g/mol. The van der Waals surface area contributed by atoms with Gasteiger partial charge in [0.05, 0.1) is 5.39 Å². The van der Waals surface area contributed by atoms with Gasteiger partial charge in [-0.05, 0) is 25.0 Å². The second-order valence-corrected chi connectivity index (χ2v) is 8.04. The van der Waals surface area contributed by atoms with E-state index in [4.69, 9.17) is 9.47 Å². The predicted molar refractivity (Wildman–Crippen MR) is 119 cm³/mol. The molecule has 31 heavy (non-hydrogen) atoms. The van der Waals surface area contributed by atoms with Crippen LogP contribution < -0.4 is 15.0 Å². The molecule has 162 valence electrons. The third kappa shape index (κ3) is 4.13. The van der Waals surface area contributed by atoms with Crippen molar-refractivity contribution in [2.24, 2.45) is 5.92 Å². The first-order valence-corrected chi connectivity index (χ1v) is 10.7. The summed E-state index contributed by atoms with van der Waals surface area (Å²) >= 11 is 0. The van der Waals surface area contributed by atoms with Crippen molar-refractivity contribution in [2.75, 3.05) is 19.8 Å². The average molecular weight is 421 g/mol. The van der Waals surface area contributed by atoms with Crippen molar-refractivity contribution in [3.05, 3.63) is 64.1 Å². The number of carbonyl (C=O) groups excluding carboxylic acids is 1. The van der Waals surface area contributed by atoms with Gasteiger partial charge in [0.15, 0.2) is 17.2 Å². The van der Waals surface area contributed by atoms with Crippen LogP contribution in [0.15, 0.2) is 47.3 Å². The summed E-state index contributed by atoms with van der Waals surface area (Å²) in [5, 5.41) is 5.58. The third-order valence-electron chi connectivity index (χ3n) is 5.29. The van der Waals surface area contributed by atoms with Crippen molar-refractivity contribution >= 4 is 16.7 Å². The fourth-order valence-corrected chi connectivity index (χ4v) is 3.80. The zero-order valence-corrected chi connectivity index (χ0v) is 18.1.